The lowest BCUT2D eigenvalue weighted by molar-refractivity contribution is 0.245. The van der Waals surface area contributed by atoms with E-state index in [1.807, 2.05) is 23.1 Å². The third-order valence-corrected chi connectivity index (χ3v) is 8.41. The first-order valence-electron chi connectivity index (χ1n) is 11.2. The summed E-state index contributed by atoms with van der Waals surface area (Å²) < 4.78 is 34.2. The summed E-state index contributed by atoms with van der Waals surface area (Å²) in [5.74, 6) is 0.524. The first-order valence-corrected chi connectivity index (χ1v) is 13.8. The van der Waals surface area contributed by atoms with Gasteiger partial charge in [0.2, 0.25) is 26.6 Å². The zero-order valence-corrected chi connectivity index (χ0v) is 21.9. The highest BCUT2D eigenvalue weighted by Crippen LogP contribution is 2.35. The standard InChI is InChI=1S/C26H23BrClN3O3S/c27-21-8-12-23(13-9-21)35(32,33)25-26(34-24(29-25)20-6-10-22(28)11-7-20)31-16-14-30(15-17-31)18-19-4-2-1-3-5-19/h1-13H,14-18H2. The van der Waals surface area contributed by atoms with E-state index in [-0.39, 0.29) is 21.7 Å². The molecule has 0 radical (unpaired) electrons. The van der Waals surface area contributed by atoms with Crippen molar-refractivity contribution in [3.05, 3.63) is 93.9 Å². The lowest BCUT2D eigenvalue weighted by Gasteiger charge is -2.34. The van der Waals surface area contributed by atoms with Crippen LogP contribution in [0.4, 0.5) is 5.88 Å². The molecule has 0 aliphatic carbocycles. The Balaban J connectivity index is 1.46. The summed E-state index contributed by atoms with van der Waals surface area (Å²) in [5.41, 5.74) is 1.92. The topological polar surface area (TPSA) is 66.7 Å². The Morgan fingerprint density at radius 1 is 0.886 bits per heavy atom. The summed E-state index contributed by atoms with van der Waals surface area (Å²) in [6, 6.07) is 23.9. The Hall–Kier alpha value is -2.65. The number of halogens is 2. The van der Waals surface area contributed by atoms with E-state index in [9.17, 15) is 8.42 Å². The van der Waals surface area contributed by atoms with Crippen molar-refractivity contribution in [2.75, 3.05) is 31.1 Å². The first kappa shape index (κ1) is 24.1. The van der Waals surface area contributed by atoms with Gasteiger partial charge >= 0.3 is 0 Å². The number of sulfone groups is 1. The van der Waals surface area contributed by atoms with E-state index in [2.05, 4.69) is 37.9 Å². The highest BCUT2D eigenvalue weighted by atomic mass is 79.9. The number of hydrogen-bond donors (Lipinski definition) is 0. The molecule has 180 valence electrons. The van der Waals surface area contributed by atoms with E-state index >= 15 is 0 Å². The summed E-state index contributed by atoms with van der Waals surface area (Å²) in [6.45, 7) is 3.67. The van der Waals surface area contributed by atoms with Gasteiger partial charge in [0.15, 0.2) is 0 Å². The van der Waals surface area contributed by atoms with Crippen molar-refractivity contribution in [2.24, 2.45) is 0 Å². The molecule has 0 saturated carbocycles. The number of piperazine rings is 1. The molecule has 1 aliphatic heterocycles. The van der Waals surface area contributed by atoms with Crippen LogP contribution < -0.4 is 4.90 Å². The lowest BCUT2D eigenvalue weighted by atomic mass is 10.2. The molecule has 1 aliphatic rings. The summed E-state index contributed by atoms with van der Waals surface area (Å²) in [6.07, 6.45) is 0. The fourth-order valence-corrected chi connectivity index (χ4v) is 5.78. The second-order valence-corrected chi connectivity index (χ2v) is 11.6. The SMILES string of the molecule is O=S(=O)(c1ccc(Br)cc1)c1nc(-c2ccc(Cl)cc2)oc1N1CCN(Cc2ccccc2)CC1. The summed E-state index contributed by atoms with van der Waals surface area (Å²) >= 11 is 9.39. The van der Waals surface area contributed by atoms with Crippen molar-refractivity contribution < 1.29 is 12.8 Å². The van der Waals surface area contributed by atoms with Crippen molar-refractivity contribution in [3.63, 3.8) is 0 Å². The molecule has 5 rings (SSSR count). The molecule has 0 bridgehead atoms. The van der Waals surface area contributed by atoms with Crippen LogP contribution in [0.3, 0.4) is 0 Å². The summed E-state index contributed by atoms with van der Waals surface area (Å²) in [7, 11) is -3.90. The quantitative estimate of drug-likeness (QED) is 0.286. The van der Waals surface area contributed by atoms with Crippen LogP contribution in [0.5, 0.6) is 0 Å². The number of hydrogen-bond acceptors (Lipinski definition) is 6. The number of rotatable bonds is 6. The van der Waals surface area contributed by atoms with Crippen LogP contribution in [-0.2, 0) is 16.4 Å². The van der Waals surface area contributed by atoms with E-state index in [0.29, 0.717) is 23.7 Å². The van der Waals surface area contributed by atoms with Gasteiger partial charge in [-0.05, 0) is 54.1 Å². The van der Waals surface area contributed by atoms with Crippen molar-refractivity contribution in [1.29, 1.82) is 0 Å². The van der Waals surface area contributed by atoms with Gasteiger partial charge in [-0.3, -0.25) is 4.90 Å². The molecule has 9 heteroatoms. The second-order valence-electron chi connectivity index (χ2n) is 8.34. The van der Waals surface area contributed by atoms with Crippen molar-refractivity contribution in [3.8, 4) is 11.5 Å². The molecule has 6 nitrogen and oxygen atoms in total. The highest BCUT2D eigenvalue weighted by Gasteiger charge is 2.32. The molecule has 1 aromatic heterocycles. The molecule has 3 aromatic carbocycles. The number of aromatic nitrogens is 1. The van der Waals surface area contributed by atoms with Gasteiger partial charge < -0.3 is 9.32 Å². The molecule has 1 fully saturated rings. The van der Waals surface area contributed by atoms with Gasteiger partial charge in [-0.2, -0.15) is 4.98 Å². The Morgan fingerprint density at radius 2 is 1.54 bits per heavy atom. The molecule has 1 saturated heterocycles. The van der Waals surface area contributed by atoms with Gasteiger partial charge in [-0.25, -0.2) is 8.42 Å². The molecule has 0 atom stereocenters. The minimum atomic E-state index is -3.90. The van der Waals surface area contributed by atoms with Gasteiger partial charge in [0.25, 0.3) is 0 Å². The summed E-state index contributed by atoms with van der Waals surface area (Å²) in [5, 5.41) is 0.513. The van der Waals surface area contributed by atoms with Gasteiger partial charge in [0.1, 0.15) is 0 Å². The van der Waals surface area contributed by atoms with E-state index in [0.717, 1.165) is 24.1 Å². The molecular weight excluding hydrogens is 550 g/mol. The Bertz CT molecular complexity index is 1400. The van der Waals surface area contributed by atoms with Crippen LogP contribution in [0.15, 0.2) is 97.7 Å². The number of benzene rings is 3. The van der Waals surface area contributed by atoms with E-state index in [4.69, 9.17) is 16.0 Å². The third-order valence-electron chi connectivity index (χ3n) is 5.96. The molecule has 2 heterocycles. The second kappa shape index (κ2) is 10.1. The maximum absolute atomic E-state index is 13.6. The zero-order valence-electron chi connectivity index (χ0n) is 18.8. The molecule has 0 unspecified atom stereocenters. The van der Waals surface area contributed by atoms with Crippen LogP contribution in [0.2, 0.25) is 5.02 Å². The van der Waals surface area contributed by atoms with Gasteiger partial charge in [-0.15, -0.1) is 0 Å². The molecule has 0 amide bonds. The molecular formula is C26H23BrClN3O3S. The van der Waals surface area contributed by atoms with Crippen LogP contribution in [0, 0.1) is 0 Å². The predicted molar refractivity (Wildman–Crippen MR) is 140 cm³/mol. The Morgan fingerprint density at radius 3 is 2.20 bits per heavy atom. The van der Waals surface area contributed by atoms with Crippen molar-refractivity contribution in [2.45, 2.75) is 16.5 Å². The average Bonchev–Trinajstić information content (AvgIpc) is 3.32. The van der Waals surface area contributed by atoms with Gasteiger partial charge in [-0.1, -0.05) is 57.9 Å². The van der Waals surface area contributed by atoms with Crippen LogP contribution >= 0.6 is 27.5 Å². The minimum absolute atomic E-state index is 0.0683. The van der Waals surface area contributed by atoms with E-state index in [1.54, 1.807) is 48.5 Å². The lowest BCUT2D eigenvalue weighted by Crippen LogP contribution is -2.46. The third kappa shape index (κ3) is 5.30. The maximum Gasteiger partial charge on any atom is 0.236 e. The smallest absolute Gasteiger partial charge is 0.236 e. The summed E-state index contributed by atoms with van der Waals surface area (Å²) in [4.78, 5) is 8.97. The molecule has 35 heavy (non-hydrogen) atoms. The number of anilines is 1. The van der Waals surface area contributed by atoms with Crippen LogP contribution in [-0.4, -0.2) is 44.5 Å². The Labute approximate surface area is 218 Å². The fourth-order valence-electron chi connectivity index (χ4n) is 4.06. The largest absolute Gasteiger partial charge is 0.419 e. The monoisotopic (exact) mass is 571 g/mol. The minimum Gasteiger partial charge on any atom is -0.419 e. The van der Waals surface area contributed by atoms with Crippen LogP contribution in [0.1, 0.15) is 5.56 Å². The average molecular weight is 573 g/mol. The molecule has 0 spiro atoms. The van der Waals surface area contributed by atoms with E-state index < -0.39 is 9.84 Å². The van der Waals surface area contributed by atoms with Gasteiger partial charge in [0.05, 0.1) is 4.90 Å². The fraction of sp³-hybridized carbons (Fsp3) is 0.192. The van der Waals surface area contributed by atoms with Crippen LogP contribution in [0.25, 0.3) is 11.5 Å². The molecule has 4 aromatic rings. The normalized spacial score (nSPS) is 14.9. The van der Waals surface area contributed by atoms with Gasteiger partial charge in [0, 0.05) is 47.8 Å². The number of nitrogens with zero attached hydrogens (tertiary/aromatic N) is 3. The van der Waals surface area contributed by atoms with Crippen molar-refractivity contribution >= 4 is 43.3 Å². The van der Waals surface area contributed by atoms with Crippen molar-refractivity contribution in [1.82, 2.24) is 9.88 Å². The maximum atomic E-state index is 13.6. The predicted octanol–water partition coefficient (Wildman–Crippen LogP) is 5.91. The molecule has 0 N–H and O–H groups in total. The number of oxazole rings is 1. The zero-order chi connectivity index (χ0) is 24.4. The first-order chi connectivity index (χ1) is 16.9. The highest BCUT2D eigenvalue weighted by molar-refractivity contribution is 9.10. The van der Waals surface area contributed by atoms with E-state index in [1.165, 1.54) is 5.56 Å². The Kier molecular flexibility index (Phi) is 6.98.